The topological polar surface area (TPSA) is 64.3 Å². The summed E-state index contributed by atoms with van der Waals surface area (Å²) in [5, 5.41) is 13.0. The van der Waals surface area contributed by atoms with E-state index in [2.05, 4.69) is 11.7 Å². The highest BCUT2D eigenvalue weighted by molar-refractivity contribution is 5.91. The third-order valence-corrected chi connectivity index (χ3v) is 1.94. The predicted octanol–water partition coefficient (Wildman–Crippen LogP) is 1.38. The Hall–Kier alpha value is -1.78. The molecule has 1 rings (SSSR count). The molecule has 0 unspecified atom stereocenters. The van der Waals surface area contributed by atoms with E-state index < -0.39 is 5.97 Å². The minimum atomic E-state index is -1.02. The van der Waals surface area contributed by atoms with Gasteiger partial charge >= 0.3 is 5.97 Å². The van der Waals surface area contributed by atoms with Gasteiger partial charge in [-0.25, -0.2) is 9.48 Å². The van der Waals surface area contributed by atoms with Crippen molar-refractivity contribution in [1.29, 1.82) is 0 Å². The largest absolute Gasteiger partial charge is 0.477 e. The molecule has 1 N–H and O–H groups in total. The second-order valence-corrected chi connectivity index (χ2v) is 3.12. The van der Waals surface area contributed by atoms with Gasteiger partial charge in [0.15, 0.2) is 0 Å². The lowest BCUT2D eigenvalue weighted by Crippen LogP contribution is -2.06. The first-order chi connectivity index (χ1) is 7.07. The molecule has 0 aliphatic carbocycles. The van der Waals surface area contributed by atoms with Crippen molar-refractivity contribution in [2.45, 2.75) is 13.3 Å². The molecule has 0 aliphatic heterocycles. The van der Waals surface area contributed by atoms with Crippen molar-refractivity contribution in [3.63, 3.8) is 0 Å². The van der Waals surface area contributed by atoms with Gasteiger partial charge in [-0.05, 0) is 13.3 Å². The first-order valence-electron chi connectivity index (χ1n) is 4.58. The van der Waals surface area contributed by atoms with Crippen LogP contribution >= 0.6 is 0 Å². The summed E-state index contributed by atoms with van der Waals surface area (Å²) in [6.07, 6.45) is 2.38. The molecule has 5 heteroatoms. The number of hydrogen-bond acceptors (Lipinski definition) is 3. The lowest BCUT2D eigenvalue weighted by Gasteiger charge is -2.05. The van der Waals surface area contributed by atoms with E-state index in [0.29, 0.717) is 24.6 Å². The number of nitrogens with zero attached hydrogens (tertiary/aromatic N) is 2. The number of carbonyl (C=O) groups is 1. The molecule has 1 aromatic rings. The van der Waals surface area contributed by atoms with Crippen molar-refractivity contribution < 1.29 is 14.6 Å². The first-order valence-corrected chi connectivity index (χ1v) is 4.58. The summed E-state index contributed by atoms with van der Waals surface area (Å²) in [5.74, 6) is -0.726. The minimum Gasteiger partial charge on any atom is -0.477 e. The molecule has 0 aliphatic rings. The maximum atomic E-state index is 10.9. The van der Waals surface area contributed by atoms with Gasteiger partial charge in [0.25, 0.3) is 0 Å². The van der Waals surface area contributed by atoms with Gasteiger partial charge in [0.1, 0.15) is 5.56 Å². The fraction of sp³-hybridized carbons (Fsp3) is 0.400. The van der Waals surface area contributed by atoms with E-state index in [-0.39, 0.29) is 5.56 Å². The van der Waals surface area contributed by atoms with E-state index in [0.717, 1.165) is 0 Å². The average molecular weight is 210 g/mol. The molecule has 0 saturated carbocycles. The van der Waals surface area contributed by atoms with Crippen LogP contribution in [0.1, 0.15) is 22.5 Å². The average Bonchev–Trinajstić information content (AvgIpc) is 2.42. The van der Waals surface area contributed by atoms with Crippen LogP contribution in [0.4, 0.5) is 0 Å². The van der Waals surface area contributed by atoms with E-state index in [1.807, 2.05) is 0 Å². The number of ether oxygens (including phenoxy) is 1. The summed E-state index contributed by atoms with van der Waals surface area (Å²) in [6, 6.07) is 0. The fourth-order valence-electron chi connectivity index (χ4n) is 1.29. The number of rotatable bonds is 5. The van der Waals surface area contributed by atoms with Crippen LogP contribution in [0.5, 0.6) is 5.88 Å². The van der Waals surface area contributed by atoms with E-state index in [1.54, 1.807) is 20.0 Å². The summed E-state index contributed by atoms with van der Waals surface area (Å²) in [4.78, 5) is 10.9. The highest BCUT2D eigenvalue weighted by atomic mass is 16.5. The molecular formula is C10H14N2O3. The van der Waals surface area contributed by atoms with Gasteiger partial charge in [0.05, 0.1) is 12.3 Å². The molecule has 0 spiro atoms. The maximum absolute atomic E-state index is 10.9. The SMILES string of the molecule is C=CCCOc1c(C(=O)O)c(C)nn1C. The second-order valence-electron chi connectivity index (χ2n) is 3.12. The van der Waals surface area contributed by atoms with E-state index >= 15 is 0 Å². The van der Waals surface area contributed by atoms with Crippen molar-refractivity contribution in [3.05, 3.63) is 23.9 Å². The second kappa shape index (κ2) is 4.63. The quantitative estimate of drug-likeness (QED) is 0.589. The molecule has 0 amide bonds. The molecule has 5 nitrogen and oxygen atoms in total. The van der Waals surface area contributed by atoms with Gasteiger partial charge in [0.2, 0.25) is 5.88 Å². The molecule has 1 heterocycles. The highest BCUT2D eigenvalue weighted by Gasteiger charge is 2.20. The van der Waals surface area contributed by atoms with Crippen LogP contribution < -0.4 is 4.74 Å². The molecule has 0 fully saturated rings. The number of aromatic carboxylic acids is 1. The fourth-order valence-corrected chi connectivity index (χ4v) is 1.29. The first kappa shape index (κ1) is 11.3. The lowest BCUT2D eigenvalue weighted by atomic mass is 10.2. The van der Waals surface area contributed by atoms with Gasteiger partial charge in [-0.1, -0.05) is 6.08 Å². The van der Waals surface area contributed by atoms with Crippen molar-refractivity contribution in [2.75, 3.05) is 6.61 Å². The summed E-state index contributed by atoms with van der Waals surface area (Å²) in [7, 11) is 1.66. The Labute approximate surface area is 88.0 Å². The van der Waals surface area contributed by atoms with Gasteiger partial charge < -0.3 is 9.84 Å². The number of aromatic nitrogens is 2. The van der Waals surface area contributed by atoms with Crippen LogP contribution in [0.25, 0.3) is 0 Å². The Morgan fingerprint density at radius 1 is 1.73 bits per heavy atom. The third kappa shape index (κ3) is 2.37. The molecule has 0 bridgehead atoms. The van der Waals surface area contributed by atoms with E-state index in [9.17, 15) is 4.79 Å². The smallest absolute Gasteiger partial charge is 0.343 e. The van der Waals surface area contributed by atoms with Crippen LogP contribution in [-0.4, -0.2) is 27.5 Å². The van der Waals surface area contributed by atoms with E-state index in [1.165, 1.54) is 4.68 Å². The zero-order chi connectivity index (χ0) is 11.4. The zero-order valence-electron chi connectivity index (χ0n) is 8.86. The van der Waals surface area contributed by atoms with Crippen molar-refractivity contribution in [1.82, 2.24) is 9.78 Å². The van der Waals surface area contributed by atoms with Gasteiger partial charge in [-0.15, -0.1) is 6.58 Å². The molecule has 0 aromatic carbocycles. The lowest BCUT2D eigenvalue weighted by molar-refractivity contribution is 0.0691. The van der Waals surface area contributed by atoms with Crippen LogP contribution in [0.15, 0.2) is 12.7 Å². The van der Waals surface area contributed by atoms with Gasteiger partial charge in [0, 0.05) is 7.05 Å². The minimum absolute atomic E-state index is 0.126. The third-order valence-electron chi connectivity index (χ3n) is 1.94. The number of carboxylic acids is 1. The molecule has 1 aromatic heterocycles. The Morgan fingerprint density at radius 3 is 2.93 bits per heavy atom. The number of carboxylic acid groups (broad SMARTS) is 1. The van der Waals surface area contributed by atoms with Crippen LogP contribution in [0, 0.1) is 6.92 Å². The molecule has 15 heavy (non-hydrogen) atoms. The van der Waals surface area contributed by atoms with Crippen molar-refractivity contribution in [2.24, 2.45) is 7.05 Å². The maximum Gasteiger partial charge on any atom is 0.343 e. The van der Waals surface area contributed by atoms with E-state index in [4.69, 9.17) is 9.84 Å². The molecular weight excluding hydrogens is 196 g/mol. The van der Waals surface area contributed by atoms with Crippen molar-refractivity contribution in [3.8, 4) is 5.88 Å². The Kier molecular flexibility index (Phi) is 3.49. The molecule has 0 radical (unpaired) electrons. The van der Waals surface area contributed by atoms with Gasteiger partial charge in [-0.3, -0.25) is 0 Å². The monoisotopic (exact) mass is 210 g/mol. The van der Waals surface area contributed by atoms with Crippen LogP contribution in [-0.2, 0) is 7.05 Å². The summed E-state index contributed by atoms with van der Waals surface area (Å²) >= 11 is 0. The molecule has 82 valence electrons. The number of aryl methyl sites for hydroxylation is 2. The van der Waals surface area contributed by atoms with Crippen LogP contribution in [0.3, 0.4) is 0 Å². The van der Waals surface area contributed by atoms with Crippen LogP contribution in [0.2, 0.25) is 0 Å². The number of hydrogen-bond donors (Lipinski definition) is 1. The Morgan fingerprint density at radius 2 is 2.40 bits per heavy atom. The Balaban J connectivity index is 2.93. The predicted molar refractivity (Wildman–Crippen MR) is 55.2 cm³/mol. The normalized spacial score (nSPS) is 10.0. The highest BCUT2D eigenvalue weighted by Crippen LogP contribution is 2.21. The summed E-state index contributed by atoms with van der Waals surface area (Å²) in [6.45, 7) is 5.61. The van der Waals surface area contributed by atoms with Gasteiger partial charge in [-0.2, -0.15) is 5.10 Å². The summed E-state index contributed by atoms with van der Waals surface area (Å²) in [5.41, 5.74) is 0.583. The Bertz CT molecular complexity index is 382. The standard InChI is InChI=1S/C10H14N2O3/c1-4-5-6-15-9-8(10(13)14)7(2)11-12(9)3/h4H,1,5-6H2,2-3H3,(H,13,14). The summed E-state index contributed by atoms with van der Waals surface area (Å²) < 4.78 is 6.77. The molecule has 0 atom stereocenters. The zero-order valence-corrected chi connectivity index (χ0v) is 8.86. The van der Waals surface area contributed by atoms with Crippen molar-refractivity contribution >= 4 is 5.97 Å². The molecule has 0 saturated heterocycles.